The van der Waals surface area contributed by atoms with Crippen molar-refractivity contribution in [1.29, 1.82) is 0 Å². The summed E-state index contributed by atoms with van der Waals surface area (Å²) < 4.78 is 1.95. The van der Waals surface area contributed by atoms with Crippen molar-refractivity contribution in [3.05, 3.63) is 95.6 Å². The van der Waals surface area contributed by atoms with Crippen LogP contribution in [0.3, 0.4) is 0 Å². The molecule has 4 heteroatoms. The number of aryl methyl sites for hydroxylation is 2. The summed E-state index contributed by atoms with van der Waals surface area (Å²) in [6.45, 7) is 11.3. The molecule has 0 spiro atoms. The molecule has 0 N–H and O–H groups in total. The molecule has 0 amide bonds. The van der Waals surface area contributed by atoms with Gasteiger partial charge < -0.3 is 0 Å². The van der Waals surface area contributed by atoms with Crippen LogP contribution in [0, 0.1) is 13.8 Å². The standard InChI is InChI=1S/C22H26N4/c1-4-13-26-16-21(19(3)24-26)15-25(14-20-10-6-5-7-11-20)17-22-18(2)9-8-12-23-22/h4-12,16H,1,13-15,17H2,2-3H3. The summed E-state index contributed by atoms with van der Waals surface area (Å²) in [6, 6.07) is 14.7. The Morgan fingerprint density at radius 2 is 1.85 bits per heavy atom. The van der Waals surface area contributed by atoms with Gasteiger partial charge in [-0.15, -0.1) is 6.58 Å². The molecule has 0 unspecified atom stereocenters. The van der Waals surface area contributed by atoms with Gasteiger partial charge >= 0.3 is 0 Å². The van der Waals surface area contributed by atoms with Gasteiger partial charge in [0, 0.05) is 37.6 Å². The highest BCUT2D eigenvalue weighted by molar-refractivity contribution is 5.20. The van der Waals surface area contributed by atoms with E-state index < -0.39 is 0 Å². The number of allylic oxidation sites excluding steroid dienone is 1. The van der Waals surface area contributed by atoms with Crippen molar-refractivity contribution in [2.45, 2.75) is 40.0 Å². The summed E-state index contributed by atoms with van der Waals surface area (Å²) in [5.74, 6) is 0. The molecule has 0 radical (unpaired) electrons. The molecule has 3 aromatic rings. The zero-order chi connectivity index (χ0) is 18.4. The SMILES string of the molecule is C=CCn1cc(CN(Cc2ccccc2)Cc2ncccc2C)c(C)n1. The van der Waals surface area contributed by atoms with E-state index in [0.29, 0.717) is 0 Å². The summed E-state index contributed by atoms with van der Waals surface area (Å²) in [6.07, 6.45) is 5.87. The molecule has 0 saturated carbocycles. The largest absolute Gasteiger partial charge is 0.289 e. The minimum absolute atomic E-state index is 0.735. The molecule has 26 heavy (non-hydrogen) atoms. The molecule has 0 aliphatic heterocycles. The Balaban J connectivity index is 1.82. The Hall–Kier alpha value is -2.72. The van der Waals surface area contributed by atoms with E-state index in [9.17, 15) is 0 Å². The van der Waals surface area contributed by atoms with Gasteiger partial charge in [0.05, 0.1) is 17.9 Å². The van der Waals surface area contributed by atoms with Crippen LogP contribution in [0.15, 0.2) is 67.5 Å². The number of hydrogen-bond donors (Lipinski definition) is 0. The van der Waals surface area contributed by atoms with Crippen LogP contribution in [0.5, 0.6) is 0 Å². The molecule has 3 rings (SSSR count). The summed E-state index contributed by atoms with van der Waals surface area (Å²) in [5, 5.41) is 4.59. The normalized spacial score (nSPS) is 11.0. The van der Waals surface area contributed by atoms with E-state index in [1.165, 1.54) is 16.7 Å². The van der Waals surface area contributed by atoms with Crippen LogP contribution in [-0.2, 0) is 26.2 Å². The number of hydrogen-bond acceptors (Lipinski definition) is 3. The van der Waals surface area contributed by atoms with Crippen molar-refractivity contribution in [3.63, 3.8) is 0 Å². The summed E-state index contributed by atoms with van der Waals surface area (Å²) in [7, 11) is 0. The van der Waals surface area contributed by atoms with Gasteiger partial charge in [0.1, 0.15) is 0 Å². The van der Waals surface area contributed by atoms with Gasteiger partial charge in [-0.1, -0.05) is 42.5 Å². The quantitative estimate of drug-likeness (QED) is 0.571. The first-order chi connectivity index (χ1) is 12.7. The van der Waals surface area contributed by atoms with Crippen LogP contribution in [0.4, 0.5) is 0 Å². The van der Waals surface area contributed by atoms with Crippen molar-refractivity contribution in [2.24, 2.45) is 0 Å². The van der Waals surface area contributed by atoms with Crippen LogP contribution < -0.4 is 0 Å². The lowest BCUT2D eigenvalue weighted by molar-refractivity contribution is 0.243. The summed E-state index contributed by atoms with van der Waals surface area (Å²) in [4.78, 5) is 7.01. The second kappa shape index (κ2) is 8.59. The van der Waals surface area contributed by atoms with E-state index in [1.807, 2.05) is 23.0 Å². The number of rotatable bonds is 8. The third-order valence-electron chi connectivity index (χ3n) is 4.50. The van der Waals surface area contributed by atoms with Gasteiger partial charge in [0.15, 0.2) is 0 Å². The lowest BCUT2D eigenvalue weighted by Gasteiger charge is -2.22. The second-order valence-corrected chi connectivity index (χ2v) is 6.65. The number of benzene rings is 1. The van der Waals surface area contributed by atoms with Gasteiger partial charge in [-0.3, -0.25) is 14.6 Å². The Morgan fingerprint density at radius 3 is 2.58 bits per heavy atom. The molecule has 0 atom stereocenters. The fourth-order valence-corrected chi connectivity index (χ4v) is 3.09. The predicted octanol–water partition coefficient (Wildman–Crippen LogP) is 4.28. The maximum absolute atomic E-state index is 4.59. The van der Waals surface area contributed by atoms with E-state index in [2.05, 4.69) is 78.0 Å². The molecule has 0 aliphatic carbocycles. The maximum Gasteiger partial charge on any atom is 0.0638 e. The molecule has 0 fully saturated rings. The van der Waals surface area contributed by atoms with Crippen molar-refractivity contribution < 1.29 is 0 Å². The average molecular weight is 346 g/mol. The minimum atomic E-state index is 0.735. The Morgan fingerprint density at radius 1 is 1.04 bits per heavy atom. The van der Waals surface area contributed by atoms with E-state index in [0.717, 1.165) is 37.6 Å². The first-order valence-electron chi connectivity index (χ1n) is 8.96. The highest BCUT2D eigenvalue weighted by Crippen LogP contribution is 2.17. The molecule has 2 aromatic heterocycles. The molecule has 0 bridgehead atoms. The van der Waals surface area contributed by atoms with Crippen LogP contribution in [0.1, 0.15) is 28.1 Å². The molecular formula is C22H26N4. The summed E-state index contributed by atoms with van der Waals surface area (Å²) in [5.41, 5.74) is 5.97. The lowest BCUT2D eigenvalue weighted by atomic mass is 10.1. The smallest absolute Gasteiger partial charge is 0.0638 e. The van der Waals surface area contributed by atoms with Gasteiger partial charge in [-0.2, -0.15) is 5.10 Å². The van der Waals surface area contributed by atoms with Gasteiger partial charge in [-0.25, -0.2) is 0 Å². The molecule has 134 valence electrons. The Bertz CT molecular complexity index is 852. The third-order valence-corrected chi connectivity index (χ3v) is 4.50. The fraction of sp³-hybridized carbons (Fsp3) is 0.273. The van der Waals surface area contributed by atoms with Crippen molar-refractivity contribution in [3.8, 4) is 0 Å². The van der Waals surface area contributed by atoms with Crippen LogP contribution in [0.25, 0.3) is 0 Å². The summed E-state index contributed by atoms with van der Waals surface area (Å²) >= 11 is 0. The first kappa shape index (κ1) is 18.1. The predicted molar refractivity (Wildman–Crippen MR) is 106 cm³/mol. The maximum atomic E-state index is 4.59. The molecule has 0 aliphatic rings. The van der Waals surface area contributed by atoms with E-state index in [-0.39, 0.29) is 0 Å². The van der Waals surface area contributed by atoms with Gasteiger partial charge in [0.2, 0.25) is 0 Å². The van der Waals surface area contributed by atoms with Crippen LogP contribution in [0.2, 0.25) is 0 Å². The number of pyridine rings is 1. The second-order valence-electron chi connectivity index (χ2n) is 6.65. The van der Waals surface area contributed by atoms with E-state index >= 15 is 0 Å². The third kappa shape index (κ3) is 4.67. The highest BCUT2D eigenvalue weighted by Gasteiger charge is 2.14. The Labute approximate surface area is 155 Å². The zero-order valence-corrected chi connectivity index (χ0v) is 15.6. The minimum Gasteiger partial charge on any atom is -0.289 e. The van der Waals surface area contributed by atoms with Crippen LogP contribution >= 0.6 is 0 Å². The molecule has 4 nitrogen and oxygen atoms in total. The number of aromatic nitrogens is 3. The monoisotopic (exact) mass is 346 g/mol. The molecule has 1 aromatic carbocycles. The van der Waals surface area contributed by atoms with Crippen LogP contribution in [-0.4, -0.2) is 19.7 Å². The lowest BCUT2D eigenvalue weighted by Crippen LogP contribution is -2.23. The van der Waals surface area contributed by atoms with E-state index in [1.54, 1.807) is 0 Å². The molecular weight excluding hydrogens is 320 g/mol. The highest BCUT2D eigenvalue weighted by atomic mass is 15.3. The zero-order valence-electron chi connectivity index (χ0n) is 15.6. The van der Waals surface area contributed by atoms with E-state index in [4.69, 9.17) is 0 Å². The topological polar surface area (TPSA) is 34.0 Å². The van der Waals surface area contributed by atoms with Crippen molar-refractivity contribution in [2.75, 3.05) is 0 Å². The van der Waals surface area contributed by atoms with Crippen molar-refractivity contribution in [1.82, 2.24) is 19.7 Å². The average Bonchev–Trinajstić information content (AvgIpc) is 2.97. The van der Waals surface area contributed by atoms with Gasteiger partial charge in [-0.05, 0) is 31.0 Å². The van der Waals surface area contributed by atoms with Gasteiger partial charge in [0.25, 0.3) is 0 Å². The Kier molecular flexibility index (Phi) is 5.97. The van der Waals surface area contributed by atoms with Crippen molar-refractivity contribution >= 4 is 0 Å². The molecule has 2 heterocycles. The first-order valence-corrected chi connectivity index (χ1v) is 8.96. The number of nitrogens with zero attached hydrogens (tertiary/aromatic N) is 4. The fourth-order valence-electron chi connectivity index (χ4n) is 3.09. The molecule has 0 saturated heterocycles.